The summed E-state index contributed by atoms with van der Waals surface area (Å²) < 4.78 is 0. The number of oxime groups is 1. The van der Waals surface area contributed by atoms with Crippen molar-refractivity contribution in [2.75, 3.05) is 6.54 Å². The van der Waals surface area contributed by atoms with Crippen molar-refractivity contribution in [3.63, 3.8) is 0 Å². The van der Waals surface area contributed by atoms with E-state index in [1.54, 1.807) is 0 Å². The zero-order valence-corrected chi connectivity index (χ0v) is 13.2. The monoisotopic (exact) mass is 271 g/mol. The van der Waals surface area contributed by atoms with Crippen molar-refractivity contribution in [1.82, 2.24) is 5.32 Å². The Bertz CT molecular complexity index is 252. The molecule has 0 radical (unpaired) electrons. The van der Waals surface area contributed by atoms with Crippen molar-refractivity contribution in [2.45, 2.75) is 78.7 Å². The van der Waals surface area contributed by atoms with E-state index in [0.717, 1.165) is 19.4 Å². The van der Waals surface area contributed by atoms with Gasteiger partial charge in [0.15, 0.2) is 0 Å². The minimum atomic E-state index is -0.221. The molecule has 0 fully saturated rings. The van der Waals surface area contributed by atoms with Gasteiger partial charge in [-0.15, -0.1) is 0 Å². The summed E-state index contributed by atoms with van der Waals surface area (Å²) in [6.45, 7) is 9.51. The average Bonchev–Trinajstić information content (AvgIpc) is 2.38. The van der Waals surface area contributed by atoms with Crippen LogP contribution in [0.5, 0.6) is 0 Å². The fraction of sp³-hybridized carbons (Fsp3) is 0.933. The maximum absolute atomic E-state index is 8.70. The first kappa shape index (κ1) is 18.2. The Morgan fingerprint density at radius 3 is 2.53 bits per heavy atom. The van der Waals surface area contributed by atoms with E-state index >= 15 is 0 Å². The van der Waals surface area contributed by atoms with Gasteiger partial charge >= 0.3 is 0 Å². The van der Waals surface area contributed by atoms with Crippen molar-refractivity contribution in [3.05, 3.63) is 0 Å². The third-order valence-corrected chi connectivity index (χ3v) is 3.76. The van der Waals surface area contributed by atoms with E-state index in [0.29, 0.717) is 11.9 Å². The van der Waals surface area contributed by atoms with E-state index in [9.17, 15) is 0 Å². The van der Waals surface area contributed by atoms with Crippen LogP contribution < -0.4 is 11.1 Å². The maximum Gasteiger partial charge on any atom is 0.144 e. The molecule has 0 aromatic heterocycles. The lowest BCUT2D eigenvalue weighted by Gasteiger charge is -2.23. The summed E-state index contributed by atoms with van der Waals surface area (Å²) in [6.07, 6.45) is 8.53. The summed E-state index contributed by atoms with van der Waals surface area (Å²) in [6, 6.07) is 0.587. The van der Waals surface area contributed by atoms with E-state index in [2.05, 4.69) is 24.3 Å². The first-order valence-electron chi connectivity index (χ1n) is 7.65. The lowest BCUT2D eigenvalue weighted by Crippen LogP contribution is -2.33. The Balaban J connectivity index is 3.63. The van der Waals surface area contributed by atoms with Crippen LogP contribution >= 0.6 is 0 Å². The lowest BCUT2D eigenvalue weighted by molar-refractivity contribution is 0.304. The number of hydrogen-bond donors (Lipinski definition) is 3. The standard InChI is InChI=1S/C15H33N3O/c1-5-6-7-8-10-13(2)17-12-9-11-15(3,4)14(16)18-19/h13,17,19H,5-12H2,1-4H3,(H2,16,18). The van der Waals surface area contributed by atoms with E-state index in [4.69, 9.17) is 10.9 Å². The van der Waals surface area contributed by atoms with Gasteiger partial charge < -0.3 is 16.3 Å². The highest BCUT2D eigenvalue weighted by molar-refractivity contribution is 5.85. The van der Waals surface area contributed by atoms with Crippen LogP contribution in [0.3, 0.4) is 0 Å². The van der Waals surface area contributed by atoms with E-state index < -0.39 is 0 Å². The van der Waals surface area contributed by atoms with Crippen LogP contribution in [0.2, 0.25) is 0 Å². The third kappa shape index (κ3) is 8.87. The van der Waals surface area contributed by atoms with Gasteiger partial charge in [-0.3, -0.25) is 0 Å². The molecule has 0 saturated heterocycles. The largest absolute Gasteiger partial charge is 0.409 e. The zero-order valence-electron chi connectivity index (χ0n) is 13.2. The Labute approximate surface area is 118 Å². The number of nitrogens with zero attached hydrogens (tertiary/aromatic N) is 1. The molecule has 0 aliphatic heterocycles. The van der Waals surface area contributed by atoms with Crippen molar-refractivity contribution >= 4 is 5.84 Å². The molecule has 0 heterocycles. The van der Waals surface area contributed by atoms with Crippen molar-refractivity contribution in [2.24, 2.45) is 16.3 Å². The second-order valence-corrected chi connectivity index (χ2v) is 6.18. The maximum atomic E-state index is 8.70. The fourth-order valence-electron chi connectivity index (χ4n) is 2.12. The lowest BCUT2D eigenvalue weighted by atomic mass is 9.86. The number of rotatable bonds is 11. The van der Waals surface area contributed by atoms with Crippen LogP contribution in [-0.4, -0.2) is 23.6 Å². The van der Waals surface area contributed by atoms with Crippen molar-refractivity contribution < 1.29 is 5.21 Å². The van der Waals surface area contributed by atoms with Gasteiger partial charge in [-0.05, 0) is 32.7 Å². The van der Waals surface area contributed by atoms with Gasteiger partial charge in [0.1, 0.15) is 5.84 Å². The van der Waals surface area contributed by atoms with E-state index in [1.807, 2.05) is 13.8 Å². The second-order valence-electron chi connectivity index (χ2n) is 6.18. The molecule has 0 aliphatic carbocycles. The van der Waals surface area contributed by atoms with Gasteiger partial charge in [0.05, 0.1) is 0 Å². The van der Waals surface area contributed by atoms with Crippen LogP contribution in [0, 0.1) is 5.41 Å². The van der Waals surface area contributed by atoms with E-state index in [1.165, 1.54) is 32.1 Å². The number of hydrogen-bond acceptors (Lipinski definition) is 3. The van der Waals surface area contributed by atoms with Gasteiger partial charge in [-0.2, -0.15) is 0 Å². The summed E-state index contributed by atoms with van der Waals surface area (Å²) in [7, 11) is 0. The summed E-state index contributed by atoms with van der Waals surface area (Å²) in [5, 5.41) is 15.4. The normalized spacial score (nSPS) is 14.6. The van der Waals surface area contributed by atoms with Crippen molar-refractivity contribution in [3.8, 4) is 0 Å². The third-order valence-electron chi connectivity index (χ3n) is 3.76. The Morgan fingerprint density at radius 1 is 1.26 bits per heavy atom. The minimum Gasteiger partial charge on any atom is -0.409 e. The fourth-order valence-corrected chi connectivity index (χ4v) is 2.12. The minimum absolute atomic E-state index is 0.221. The molecule has 4 N–H and O–H groups in total. The molecule has 0 saturated carbocycles. The molecule has 4 heteroatoms. The van der Waals surface area contributed by atoms with Gasteiger partial charge in [0.2, 0.25) is 0 Å². The van der Waals surface area contributed by atoms with Crippen molar-refractivity contribution in [1.29, 1.82) is 0 Å². The molecule has 0 amide bonds. The molecular weight excluding hydrogens is 238 g/mol. The molecule has 0 rings (SSSR count). The molecule has 4 nitrogen and oxygen atoms in total. The molecule has 0 bridgehead atoms. The molecule has 114 valence electrons. The Morgan fingerprint density at radius 2 is 1.95 bits per heavy atom. The van der Waals surface area contributed by atoms with E-state index in [-0.39, 0.29) is 5.41 Å². The number of nitrogens with one attached hydrogen (secondary N) is 1. The van der Waals surface area contributed by atoms with Crippen LogP contribution in [-0.2, 0) is 0 Å². The number of nitrogens with two attached hydrogens (primary N) is 1. The predicted octanol–water partition coefficient (Wildman–Crippen LogP) is 3.49. The highest BCUT2D eigenvalue weighted by Gasteiger charge is 2.22. The smallest absolute Gasteiger partial charge is 0.144 e. The summed E-state index contributed by atoms with van der Waals surface area (Å²) in [5.74, 6) is 0.320. The molecule has 1 unspecified atom stereocenters. The highest BCUT2D eigenvalue weighted by atomic mass is 16.4. The van der Waals surface area contributed by atoms with Gasteiger partial charge in [0, 0.05) is 11.5 Å². The van der Waals surface area contributed by atoms with Crippen LogP contribution in [0.1, 0.15) is 72.6 Å². The Hall–Kier alpha value is -0.770. The topological polar surface area (TPSA) is 70.6 Å². The summed E-state index contributed by atoms with van der Waals surface area (Å²) in [4.78, 5) is 0. The second kappa shape index (κ2) is 10.1. The molecule has 0 aromatic rings. The zero-order chi connectivity index (χ0) is 14.7. The van der Waals surface area contributed by atoms with Gasteiger partial charge in [0.25, 0.3) is 0 Å². The highest BCUT2D eigenvalue weighted by Crippen LogP contribution is 2.21. The van der Waals surface area contributed by atoms with Gasteiger partial charge in [-0.1, -0.05) is 51.6 Å². The molecule has 19 heavy (non-hydrogen) atoms. The van der Waals surface area contributed by atoms with Crippen LogP contribution in [0.25, 0.3) is 0 Å². The average molecular weight is 271 g/mol. The molecular formula is C15H33N3O. The predicted molar refractivity (Wildman–Crippen MR) is 82.6 cm³/mol. The molecule has 0 aromatic carbocycles. The van der Waals surface area contributed by atoms with Crippen LogP contribution in [0.15, 0.2) is 5.16 Å². The molecule has 1 atom stereocenters. The number of unbranched alkanes of at least 4 members (excludes halogenated alkanes) is 3. The Kier molecular flexibility index (Phi) is 9.66. The first-order valence-corrected chi connectivity index (χ1v) is 7.65. The molecule has 0 spiro atoms. The van der Waals surface area contributed by atoms with Gasteiger partial charge in [-0.25, -0.2) is 0 Å². The summed E-state index contributed by atoms with van der Waals surface area (Å²) >= 11 is 0. The SMILES string of the molecule is CCCCCCC(C)NCCCC(C)(C)C(N)=NO. The number of amidine groups is 1. The summed E-state index contributed by atoms with van der Waals surface area (Å²) in [5.41, 5.74) is 5.45. The molecule has 0 aliphatic rings. The van der Waals surface area contributed by atoms with Crippen LogP contribution in [0.4, 0.5) is 0 Å². The quantitative estimate of drug-likeness (QED) is 0.177. The first-order chi connectivity index (χ1) is 8.94.